The van der Waals surface area contributed by atoms with Crippen molar-refractivity contribution in [1.82, 2.24) is 15.1 Å². The first-order valence-corrected chi connectivity index (χ1v) is 7.10. The van der Waals surface area contributed by atoms with E-state index >= 15 is 0 Å². The first kappa shape index (κ1) is 12.6. The second-order valence-corrected chi connectivity index (χ2v) is 5.12. The van der Waals surface area contributed by atoms with Crippen LogP contribution in [-0.2, 0) is 6.54 Å². The Morgan fingerprint density at radius 3 is 2.82 bits per heavy atom. The quantitative estimate of drug-likeness (QED) is 0.821. The van der Waals surface area contributed by atoms with Crippen molar-refractivity contribution in [2.45, 2.75) is 58.5 Å². The summed E-state index contributed by atoms with van der Waals surface area (Å²) >= 11 is 0. The fourth-order valence-electron chi connectivity index (χ4n) is 2.96. The number of hydrogen-bond acceptors (Lipinski definition) is 2. The van der Waals surface area contributed by atoms with Crippen LogP contribution >= 0.6 is 0 Å². The Hall–Kier alpha value is -0.830. The Morgan fingerprint density at radius 1 is 1.41 bits per heavy atom. The van der Waals surface area contributed by atoms with Gasteiger partial charge in [-0.3, -0.25) is 4.68 Å². The largest absolute Gasteiger partial charge is 0.310 e. The Labute approximate surface area is 105 Å². The maximum atomic E-state index is 4.46. The highest BCUT2D eigenvalue weighted by molar-refractivity contribution is 5.12. The topological polar surface area (TPSA) is 29.9 Å². The minimum Gasteiger partial charge on any atom is -0.310 e. The molecule has 1 aliphatic rings. The van der Waals surface area contributed by atoms with Crippen LogP contribution < -0.4 is 5.32 Å². The van der Waals surface area contributed by atoms with Crippen molar-refractivity contribution in [2.75, 3.05) is 6.54 Å². The van der Waals surface area contributed by atoms with Crippen molar-refractivity contribution in [3.8, 4) is 0 Å². The van der Waals surface area contributed by atoms with E-state index in [9.17, 15) is 0 Å². The van der Waals surface area contributed by atoms with Gasteiger partial charge in [-0.15, -0.1) is 0 Å². The molecule has 3 heteroatoms. The minimum absolute atomic E-state index is 0.521. The van der Waals surface area contributed by atoms with E-state index in [1.54, 1.807) is 0 Å². The molecule has 17 heavy (non-hydrogen) atoms. The molecule has 0 spiro atoms. The Bertz CT molecular complexity index is 326. The lowest BCUT2D eigenvalue weighted by molar-refractivity contribution is 0.374. The molecule has 2 rings (SSSR count). The molecule has 1 aliphatic carbocycles. The van der Waals surface area contributed by atoms with Gasteiger partial charge in [-0.1, -0.05) is 26.7 Å². The fourth-order valence-corrected chi connectivity index (χ4v) is 2.96. The van der Waals surface area contributed by atoms with Crippen molar-refractivity contribution < 1.29 is 0 Å². The molecule has 1 aromatic rings. The third kappa shape index (κ3) is 3.09. The van der Waals surface area contributed by atoms with Crippen molar-refractivity contribution in [3.05, 3.63) is 18.0 Å². The van der Waals surface area contributed by atoms with Gasteiger partial charge in [-0.2, -0.15) is 5.10 Å². The molecule has 3 nitrogen and oxygen atoms in total. The van der Waals surface area contributed by atoms with Crippen molar-refractivity contribution in [2.24, 2.45) is 5.92 Å². The highest BCUT2D eigenvalue weighted by atomic mass is 15.3. The molecule has 1 aromatic heterocycles. The second-order valence-electron chi connectivity index (χ2n) is 5.12. The number of aromatic nitrogens is 2. The summed E-state index contributed by atoms with van der Waals surface area (Å²) in [4.78, 5) is 0. The molecule has 0 amide bonds. The van der Waals surface area contributed by atoms with Gasteiger partial charge in [0, 0.05) is 24.3 Å². The van der Waals surface area contributed by atoms with E-state index in [1.807, 2.05) is 0 Å². The molecule has 1 N–H and O–H groups in total. The molecule has 1 saturated carbocycles. The average Bonchev–Trinajstić information content (AvgIpc) is 2.97. The summed E-state index contributed by atoms with van der Waals surface area (Å²) in [7, 11) is 0. The molecule has 1 atom stereocenters. The number of aryl methyl sites for hydroxylation is 1. The van der Waals surface area contributed by atoms with Crippen LogP contribution in [0.15, 0.2) is 12.4 Å². The van der Waals surface area contributed by atoms with E-state index in [0.29, 0.717) is 6.04 Å². The summed E-state index contributed by atoms with van der Waals surface area (Å²) in [6.45, 7) is 6.46. The lowest BCUT2D eigenvalue weighted by Crippen LogP contribution is -2.26. The van der Waals surface area contributed by atoms with Crippen LogP contribution in [0.5, 0.6) is 0 Å². The standard InChI is InChI=1S/C14H25N3/c1-3-9-17-11-13(10-16-17)14(15-4-2)12-7-5-6-8-12/h10-12,14-15H,3-9H2,1-2H3. The van der Waals surface area contributed by atoms with E-state index in [-0.39, 0.29) is 0 Å². The van der Waals surface area contributed by atoms with Gasteiger partial charge < -0.3 is 5.32 Å². The lowest BCUT2D eigenvalue weighted by Gasteiger charge is -2.23. The van der Waals surface area contributed by atoms with Gasteiger partial charge in [-0.25, -0.2) is 0 Å². The van der Waals surface area contributed by atoms with Crippen LogP contribution in [0.25, 0.3) is 0 Å². The normalized spacial score (nSPS) is 18.7. The Balaban J connectivity index is 2.07. The van der Waals surface area contributed by atoms with E-state index in [0.717, 1.165) is 25.4 Å². The summed E-state index contributed by atoms with van der Waals surface area (Å²) in [5.74, 6) is 0.814. The van der Waals surface area contributed by atoms with E-state index in [1.165, 1.54) is 31.2 Å². The molecule has 1 unspecified atom stereocenters. The first-order chi connectivity index (χ1) is 8.35. The van der Waals surface area contributed by atoms with Crippen LogP contribution in [-0.4, -0.2) is 16.3 Å². The highest BCUT2D eigenvalue weighted by Crippen LogP contribution is 2.35. The number of hydrogen-bond donors (Lipinski definition) is 1. The van der Waals surface area contributed by atoms with Crippen LogP contribution in [0.2, 0.25) is 0 Å². The van der Waals surface area contributed by atoms with E-state index in [4.69, 9.17) is 0 Å². The van der Waals surface area contributed by atoms with Crippen LogP contribution in [0.1, 0.15) is 57.6 Å². The van der Waals surface area contributed by atoms with Crippen LogP contribution in [0, 0.1) is 5.92 Å². The molecule has 0 aromatic carbocycles. The molecule has 1 heterocycles. The SMILES string of the molecule is CCCn1cc(C(NCC)C2CCCC2)cn1. The first-order valence-electron chi connectivity index (χ1n) is 7.10. The fraction of sp³-hybridized carbons (Fsp3) is 0.786. The third-order valence-corrected chi connectivity index (χ3v) is 3.76. The average molecular weight is 235 g/mol. The molecule has 96 valence electrons. The molecule has 0 aliphatic heterocycles. The summed E-state index contributed by atoms with van der Waals surface area (Å²) < 4.78 is 2.08. The van der Waals surface area contributed by atoms with Crippen LogP contribution in [0.4, 0.5) is 0 Å². The summed E-state index contributed by atoms with van der Waals surface area (Å²) in [5.41, 5.74) is 1.38. The highest BCUT2D eigenvalue weighted by Gasteiger charge is 2.26. The minimum atomic E-state index is 0.521. The summed E-state index contributed by atoms with van der Waals surface area (Å²) in [6, 6.07) is 0.521. The van der Waals surface area contributed by atoms with Gasteiger partial charge in [0.1, 0.15) is 0 Å². The number of nitrogens with one attached hydrogen (secondary N) is 1. The van der Waals surface area contributed by atoms with Crippen LogP contribution in [0.3, 0.4) is 0 Å². The summed E-state index contributed by atoms with van der Waals surface area (Å²) in [6.07, 6.45) is 11.0. The smallest absolute Gasteiger partial charge is 0.0537 e. The zero-order chi connectivity index (χ0) is 12.1. The van der Waals surface area contributed by atoms with Gasteiger partial charge in [0.05, 0.1) is 6.20 Å². The van der Waals surface area contributed by atoms with Gasteiger partial charge in [-0.05, 0) is 31.7 Å². The predicted molar refractivity (Wildman–Crippen MR) is 70.9 cm³/mol. The lowest BCUT2D eigenvalue weighted by atomic mass is 9.93. The van der Waals surface area contributed by atoms with Gasteiger partial charge in [0.25, 0.3) is 0 Å². The second kappa shape index (κ2) is 6.20. The third-order valence-electron chi connectivity index (χ3n) is 3.76. The van der Waals surface area contributed by atoms with Gasteiger partial charge in [0.15, 0.2) is 0 Å². The molecule has 0 saturated heterocycles. The Morgan fingerprint density at radius 2 is 2.18 bits per heavy atom. The molecule has 0 bridgehead atoms. The van der Waals surface area contributed by atoms with Gasteiger partial charge in [0.2, 0.25) is 0 Å². The Kier molecular flexibility index (Phi) is 4.60. The zero-order valence-corrected chi connectivity index (χ0v) is 11.2. The molecular formula is C14H25N3. The molecular weight excluding hydrogens is 210 g/mol. The molecule has 1 fully saturated rings. The summed E-state index contributed by atoms with van der Waals surface area (Å²) in [5, 5.41) is 8.10. The van der Waals surface area contributed by atoms with Crippen molar-refractivity contribution in [3.63, 3.8) is 0 Å². The van der Waals surface area contributed by atoms with E-state index in [2.05, 4.69) is 41.3 Å². The monoisotopic (exact) mass is 235 g/mol. The number of nitrogens with zero attached hydrogens (tertiary/aromatic N) is 2. The number of rotatable bonds is 6. The van der Waals surface area contributed by atoms with E-state index < -0.39 is 0 Å². The maximum Gasteiger partial charge on any atom is 0.0537 e. The van der Waals surface area contributed by atoms with Crippen molar-refractivity contribution >= 4 is 0 Å². The van der Waals surface area contributed by atoms with Crippen molar-refractivity contribution in [1.29, 1.82) is 0 Å². The van der Waals surface area contributed by atoms with Gasteiger partial charge >= 0.3 is 0 Å². The predicted octanol–water partition coefficient (Wildman–Crippen LogP) is 3.13. The molecule has 0 radical (unpaired) electrons. The maximum absolute atomic E-state index is 4.46. The zero-order valence-electron chi connectivity index (χ0n) is 11.2.